The maximum atomic E-state index is 13.8. The van der Waals surface area contributed by atoms with E-state index in [1.165, 1.54) is 6.07 Å². The molecule has 5 nitrogen and oxygen atoms in total. The number of aliphatic hydroxyl groups is 1. The van der Waals surface area contributed by atoms with Crippen molar-refractivity contribution in [3.63, 3.8) is 0 Å². The molecule has 6 heteroatoms. The summed E-state index contributed by atoms with van der Waals surface area (Å²) in [5.41, 5.74) is 6.19. The van der Waals surface area contributed by atoms with E-state index >= 15 is 0 Å². The molecule has 1 rings (SSSR count). The van der Waals surface area contributed by atoms with E-state index in [1.54, 1.807) is 26.1 Å². The van der Waals surface area contributed by atoms with E-state index in [4.69, 9.17) is 10.9 Å². The molecule has 0 radical (unpaired) electrons. The van der Waals surface area contributed by atoms with Gasteiger partial charge in [-0.15, -0.1) is 0 Å². The molecule has 0 aliphatic rings. The van der Waals surface area contributed by atoms with Crippen LogP contribution in [-0.4, -0.2) is 40.7 Å². The van der Waals surface area contributed by atoms with Crippen LogP contribution in [0.4, 0.5) is 4.39 Å². The van der Waals surface area contributed by atoms with E-state index in [9.17, 15) is 9.50 Å². The van der Waals surface area contributed by atoms with Crippen molar-refractivity contribution in [3.8, 4) is 0 Å². The Morgan fingerprint density at radius 3 is 2.72 bits per heavy atom. The first-order valence-electron chi connectivity index (χ1n) is 5.57. The first-order chi connectivity index (χ1) is 8.43. The van der Waals surface area contributed by atoms with Crippen LogP contribution in [0.25, 0.3) is 0 Å². The van der Waals surface area contributed by atoms with E-state index in [2.05, 4.69) is 5.16 Å². The fourth-order valence-corrected chi connectivity index (χ4v) is 1.70. The summed E-state index contributed by atoms with van der Waals surface area (Å²) in [5.74, 6) is -0.547. The molecular weight excluding hydrogens is 237 g/mol. The number of amidine groups is 1. The molecule has 0 aliphatic heterocycles. The number of aliphatic hydroxyl groups excluding tert-OH is 1. The van der Waals surface area contributed by atoms with E-state index in [1.807, 2.05) is 4.90 Å². The van der Waals surface area contributed by atoms with Gasteiger partial charge in [0.05, 0.1) is 6.10 Å². The predicted molar refractivity (Wildman–Crippen MR) is 66.9 cm³/mol. The molecule has 0 saturated carbocycles. The number of likely N-dealkylation sites (N-methyl/N-ethyl adjacent to an activating group) is 1. The Hall–Kier alpha value is -1.66. The number of benzene rings is 1. The lowest BCUT2D eigenvalue weighted by Crippen LogP contribution is -2.27. The largest absolute Gasteiger partial charge is 0.409 e. The van der Waals surface area contributed by atoms with Crippen LogP contribution in [0.5, 0.6) is 0 Å². The molecular formula is C12H18FN3O2. The molecule has 0 saturated heterocycles. The zero-order valence-electron chi connectivity index (χ0n) is 10.5. The van der Waals surface area contributed by atoms with Crippen molar-refractivity contribution in [1.82, 2.24) is 4.90 Å². The van der Waals surface area contributed by atoms with Crippen LogP contribution in [0.3, 0.4) is 0 Å². The van der Waals surface area contributed by atoms with Crippen LogP contribution in [0.1, 0.15) is 18.1 Å². The van der Waals surface area contributed by atoms with Crippen molar-refractivity contribution >= 4 is 5.84 Å². The predicted octanol–water partition coefficient (Wildman–Crippen LogP) is 0.733. The van der Waals surface area contributed by atoms with Gasteiger partial charge < -0.3 is 16.0 Å². The van der Waals surface area contributed by atoms with Gasteiger partial charge in [0.15, 0.2) is 5.84 Å². The van der Waals surface area contributed by atoms with Crippen LogP contribution in [-0.2, 0) is 6.54 Å². The molecule has 0 fully saturated rings. The van der Waals surface area contributed by atoms with Crippen LogP contribution in [0.15, 0.2) is 23.4 Å². The quantitative estimate of drug-likeness (QED) is 0.313. The first kappa shape index (κ1) is 14.4. The molecule has 1 aromatic rings. The highest BCUT2D eigenvalue weighted by Crippen LogP contribution is 2.12. The van der Waals surface area contributed by atoms with E-state index in [0.29, 0.717) is 24.2 Å². The van der Waals surface area contributed by atoms with Gasteiger partial charge in [0.1, 0.15) is 5.82 Å². The second-order valence-electron chi connectivity index (χ2n) is 4.34. The summed E-state index contributed by atoms with van der Waals surface area (Å²) in [6.07, 6.45) is -0.463. The average Bonchev–Trinajstić information content (AvgIpc) is 2.29. The summed E-state index contributed by atoms with van der Waals surface area (Å²) in [6, 6.07) is 4.39. The number of hydrogen-bond acceptors (Lipinski definition) is 4. The van der Waals surface area contributed by atoms with Crippen molar-refractivity contribution in [2.24, 2.45) is 10.9 Å². The molecule has 0 spiro atoms. The number of nitrogens with two attached hydrogens (primary N) is 1. The second-order valence-corrected chi connectivity index (χ2v) is 4.34. The third-order valence-electron chi connectivity index (χ3n) is 2.47. The third kappa shape index (κ3) is 3.97. The number of nitrogens with zero attached hydrogens (tertiary/aromatic N) is 2. The van der Waals surface area contributed by atoms with Gasteiger partial charge in [-0.25, -0.2) is 4.39 Å². The molecule has 0 aromatic heterocycles. The molecule has 1 aromatic carbocycles. The third-order valence-corrected chi connectivity index (χ3v) is 2.47. The summed E-state index contributed by atoms with van der Waals surface area (Å²) in [7, 11) is 1.80. The van der Waals surface area contributed by atoms with Gasteiger partial charge in [-0.2, -0.15) is 0 Å². The Morgan fingerprint density at radius 2 is 2.22 bits per heavy atom. The maximum Gasteiger partial charge on any atom is 0.170 e. The summed E-state index contributed by atoms with van der Waals surface area (Å²) in [5, 5.41) is 20.5. The van der Waals surface area contributed by atoms with E-state index in [-0.39, 0.29) is 5.84 Å². The number of hydrogen-bond donors (Lipinski definition) is 3. The lowest BCUT2D eigenvalue weighted by Gasteiger charge is -2.18. The van der Waals surface area contributed by atoms with E-state index in [0.717, 1.165) is 0 Å². The fourth-order valence-electron chi connectivity index (χ4n) is 1.70. The molecule has 100 valence electrons. The summed E-state index contributed by atoms with van der Waals surface area (Å²) >= 11 is 0. The fraction of sp³-hybridized carbons (Fsp3) is 0.417. The molecule has 1 atom stereocenters. The normalized spacial score (nSPS) is 13.9. The van der Waals surface area contributed by atoms with Crippen molar-refractivity contribution in [2.45, 2.75) is 19.6 Å². The second kappa shape index (κ2) is 6.32. The number of halogens is 1. The Balaban J connectivity index is 2.80. The van der Waals surface area contributed by atoms with Gasteiger partial charge in [0, 0.05) is 24.2 Å². The number of rotatable bonds is 5. The standard InChI is InChI=1S/C12H18FN3O2/c1-8(17)6-16(2)7-10-4-3-9(5-11(10)13)12(14)15-18/h3-5,8,17-18H,6-7H2,1-2H3,(H2,14,15). The lowest BCUT2D eigenvalue weighted by atomic mass is 10.1. The topological polar surface area (TPSA) is 82.1 Å². The Labute approximate surface area is 105 Å². The Kier molecular flexibility index (Phi) is 5.06. The van der Waals surface area contributed by atoms with E-state index < -0.39 is 11.9 Å². The van der Waals surface area contributed by atoms with Crippen LogP contribution >= 0.6 is 0 Å². The van der Waals surface area contributed by atoms with Crippen molar-refractivity contribution < 1.29 is 14.7 Å². The minimum Gasteiger partial charge on any atom is -0.409 e. The summed E-state index contributed by atoms with van der Waals surface area (Å²) in [4.78, 5) is 1.81. The minimum absolute atomic E-state index is 0.127. The van der Waals surface area contributed by atoms with Crippen molar-refractivity contribution in [2.75, 3.05) is 13.6 Å². The monoisotopic (exact) mass is 255 g/mol. The van der Waals surface area contributed by atoms with Gasteiger partial charge in [-0.1, -0.05) is 17.3 Å². The maximum absolute atomic E-state index is 13.8. The molecule has 0 aliphatic carbocycles. The number of oxime groups is 1. The summed E-state index contributed by atoms with van der Waals surface area (Å²) in [6.45, 7) is 2.52. The van der Waals surface area contributed by atoms with Crippen LogP contribution in [0, 0.1) is 5.82 Å². The highest BCUT2D eigenvalue weighted by molar-refractivity contribution is 5.97. The zero-order valence-corrected chi connectivity index (χ0v) is 10.5. The highest BCUT2D eigenvalue weighted by Gasteiger charge is 2.10. The SMILES string of the molecule is CC(O)CN(C)Cc1ccc(/C(N)=N/O)cc1F. The van der Waals surface area contributed by atoms with Crippen molar-refractivity contribution in [3.05, 3.63) is 35.1 Å². The Morgan fingerprint density at radius 1 is 1.56 bits per heavy atom. The smallest absolute Gasteiger partial charge is 0.170 e. The lowest BCUT2D eigenvalue weighted by molar-refractivity contribution is 0.137. The molecule has 1 unspecified atom stereocenters. The van der Waals surface area contributed by atoms with Gasteiger partial charge in [0.2, 0.25) is 0 Å². The highest BCUT2D eigenvalue weighted by atomic mass is 19.1. The van der Waals surface area contributed by atoms with Gasteiger partial charge >= 0.3 is 0 Å². The average molecular weight is 255 g/mol. The zero-order chi connectivity index (χ0) is 13.7. The molecule has 0 bridgehead atoms. The Bertz CT molecular complexity index is 435. The van der Waals surface area contributed by atoms with Crippen LogP contribution < -0.4 is 5.73 Å². The molecule has 0 heterocycles. The molecule has 18 heavy (non-hydrogen) atoms. The van der Waals surface area contributed by atoms with Crippen molar-refractivity contribution in [1.29, 1.82) is 0 Å². The first-order valence-corrected chi connectivity index (χ1v) is 5.57. The van der Waals surface area contributed by atoms with Gasteiger partial charge in [0.25, 0.3) is 0 Å². The van der Waals surface area contributed by atoms with Gasteiger partial charge in [-0.05, 0) is 20.0 Å². The van der Waals surface area contributed by atoms with Gasteiger partial charge in [-0.3, -0.25) is 4.90 Å². The van der Waals surface area contributed by atoms with Crippen LogP contribution in [0.2, 0.25) is 0 Å². The summed E-state index contributed by atoms with van der Waals surface area (Å²) < 4.78 is 13.8. The molecule has 0 amide bonds. The minimum atomic E-state index is -0.463. The molecule has 4 N–H and O–H groups in total.